The van der Waals surface area contributed by atoms with E-state index in [0.29, 0.717) is 16.6 Å². The number of anilines is 1. The molecular weight excluding hydrogens is 394 g/mol. The Morgan fingerprint density at radius 2 is 1.93 bits per heavy atom. The predicted octanol–water partition coefficient (Wildman–Crippen LogP) is 2.79. The van der Waals surface area contributed by atoms with Crippen molar-refractivity contribution in [3.05, 3.63) is 34.8 Å². The van der Waals surface area contributed by atoms with Gasteiger partial charge in [-0.15, -0.1) is 10.2 Å². The molecule has 0 atom stereocenters. The summed E-state index contributed by atoms with van der Waals surface area (Å²) in [5.74, 6) is -0.0374. The van der Waals surface area contributed by atoms with Gasteiger partial charge in [0.2, 0.25) is 10.9 Å². The van der Waals surface area contributed by atoms with Crippen LogP contribution in [0.1, 0.15) is 34.6 Å². The van der Waals surface area contributed by atoms with Gasteiger partial charge in [0.05, 0.1) is 5.75 Å². The molecular formula is C19H25N5O2S2. The first-order valence-corrected chi connectivity index (χ1v) is 11.2. The molecule has 2 N–H and O–H groups in total. The van der Waals surface area contributed by atoms with Gasteiger partial charge in [0.15, 0.2) is 4.34 Å². The lowest BCUT2D eigenvalue weighted by atomic mass is 10.2. The Balaban J connectivity index is 1.35. The van der Waals surface area contributed by atoms with Crippen molar-refractivity contribution >= 4 is 40.6 Å². The Morgan fingerprint density at radius 1 is 1.18 bits per heavy atom. The molecule has 2 heterocycles. The molecule has 1 aliphatic heterocycles. The second kappa shape index (κ2) is 10.5. The summed E-state index contributed by atoms with van der Waals surface area (Å²) in [6.07, 6.45) is 3.55. The van der Waals surface area contributed by atoms with Crippen LogP contribution in [0.4, 0.5) is 5.69 Å². The quantitative estimate of drug-likeness (QED) is 0.480. The number of nitrogens with zero attached hydrogens (tertiary/aromatic N) is 3. The van der Waals surface area contributed by atoms with Gasteiger partial charge in [0, 0.05) is 12.2 Å². The van der Waals surface area contributed by atoms with Crippen LogP contribution in [0.25, 0.3) is 0 Å². The van der Waals surface area contributed by atoms with Gasteiger partial charge >= 0.3 is 0 Å². The average molecular weight is 420 g/mol. The third-order valence-electron chi connectivity index (χ3n) is 4.41. The lowest BCUT2D eigenvalue weighted by molar-refractivity contribution is -0.118. The highest BCUT2D eigenvalue weighted by Crippen LogP contribution is 2.23. The van der Waals surface area contributed by atoms with Crippen LogP contribution in [0.3, 0.4) is 0 Å². The maximum atomic E-state index is 12.2. The summed E-state index contributed by atoms with van der Waals surface area (Å²) in [6.45, 7) is 6.09. The number of hydrogen-bond acceptors (Lipinski definition) is 7. The maximum Gasteiger partial charge on any atom is 0.286 e. The van der Waals surface area contributed by atoms with E-state index in [1.165, 1.54) is 49.0 Å². The maximum absolute atomic E-state index is 12.2. The predicted molar refractivity (Wildman–Crippen MR) is 113 cm³/mol. The molecule has 3 rings (SSSR count). The summed E-state index contributed by atoms with van der Waals surface area (Å²) < 4.78 is 0.612. The summed E-state index contributed by atoms with van der Waals surface area (Å²) in [5, 5.41) is 13.9. The molecule has 1 fully saturated rings. The van der Waals surface area contributed by atoms with Gasteiger partial charge in [-0.1, -0.05) is 40.8 Å². The molecule has 0 aliphatic carbocycles. The molecule has 2 amide bonds. The van der Waals surface area contributed by atoms with Crippen molar-refractivity contribution in [2.75, 3.05) is 37.2 Å². The van der Waals surface area contributed by atoms with E-state index >= 15 is 0 Å². The number of amides is 2. The standard InChI is InChI=1S/C19H25N5O2S2/c1-14-5-7-15(8-6-14)21-17(26)18-22-23-19(28-18)27-13-16(25)20-9-4-12-24-10-2-3-11-24/h5-8H,2-4,9-13H2,1H3,(H,20,25)(H,21,26). The highest BCUT2D eigenvalue weighted by Gasteiger charge is 2.15. The fourth-order valence-corrected chi connectivity index (χ4v) is 4.47. The van der Waals surface area contributed by atoms with Crippen LogP contribution >= 0.6 is 23.1 Å². The Labute approximate surface area is 173 Å². The monoisotopic (exact) mass is 419 g/mol. The minimum Gasteiger partial charge on any atom is -0.355 e. The molecule has 1 aromatic heterocycles. The summed E-state index contributed by atoms with van der Waals surface area (Å²) in [4.78, 5) is 26.6. The Hall–Kier alpha value is -1.97. The molecule has 0 radical (unpaired) electrons. The fourth-order valence-electron chi connectivity index (χ4n) is 2.90. The molecule has 1 aromatic carbocycles. The third kappa shape index (κ3) is 6.57. The zero-order valence-corrected chi connectivity index (χ0v) is 17.6. The van der Waals surface area contributed by atoms with Crippen LogP contribution in [0, 0.1) is 6.92 Å². The summed E-state index contributed by atoms with van der Waals surface area (Å²) >= 11 is 2.49. The fraction of sp³-hybridized carbons (Fsp3) is 0.474. The van der Waals surface area contributed by atoms with Crippen molar-refractivity contribution < 1.29 is 9.59 Å². The second-order valence-electron chi connectivity index (χ2n) is 6.73. The van der Waals surface area contributed by atoms with E-state index < -0.39 is 0 Å². The number of benzene rings is 1. The molecule has 1 aliphatic rings. The number of nitrogens with one attached hydrogen (secondary N) is 2. The summed E-state index contributed by atoms with van der Waals surface area (Å²) in [5.41, 5.74) is 1.84. The van der Waals surface area contributed by atoms with E-state index in [1.807, 2.05) is 31.2 Å². The normalized spacial score (nSPS) is 14.2. The molecule has 0 unspecified atom stereocenters. The van der Waals surface area contributed by atoms with Crippen molar-refractivity contribution in [2.24, 2.45) is 0 Å². The summed E-state index contributed by atoms with van der Waals surface area (Å²) in [7, 11) is 0. The number of aromatic nitrogens is 2. The van der Waals surface area contributed by atoms with Crippen molar-refractivity contribution in [2.45, 2.75) is 30.5 Å². The largest absolute Gasteiger partial charge is 0.355 e. The molecule has 0 spiro atoms. The first-order valence-electron chi connectivity index (χ1n) is 9.43. The smallest absolute Gasteiger partial charge is 0.286 e. The Morgan fingerprint density at radius 3 is 2.68 bits per heavy atom. The molecule has 7 nitrogen and oxygen atoms in total. The Kier molecular flexibility index (Phi) is 7.81. The molecule has 28 heavy (non-hydrogen) atoms. The molecule has 150 valence electrons. The zero-order valence-electron chi connectivity index (χ0n) is 15.9. The van der Waals surface area contributed by atoms with Gasteiger partial charge < -0.3 is 15.5 Å². The number of carbonyl (C=O) groups is 2. The van der Waals surface area contributed by atoms with Gasteiger partial charge in [-0.25, -0.2) is 0 Å². The first-order chi connectivity index (χ1) is 13.6. The molecule has 9 heteroatoms. The summed E-state index contributed by atoms with van der Waals surface area (Å²) in [6, 6.07) is 7.55. The van der Waals surface area contributed by atoms with Crippen LogP contribution in [-0.4, -0.2) is 58.8 Å². The Bertz CT molecular complexity index is 788. The number of carbonyl (C=O) groups excluding carboxylic acids is 2. The van der Waals surface area contributed by atoms with Crippen molar-refractivity contribution in [1.29, 1.82) is 0 Å². The number of likely N-dealkylation sites (tertiary alicyclic amines) is 1. The topological polar surface area (TPSA) is 87.2 Å². The van der Waals surface area contributed by atoms with Gasteiger partial charge in [-0.05, 0) is 58.0 Å². The lowest BCUT2D eigenvalue weighted by Crippen LogP contribution is -2.29. The van der Waals surface area contributed by atoms with Crippen LogP contribution in [-0.2, 0) is 4.79 Å². The second-order valence-corrected chi connectivity index (χ2v) is 8.93. The van der Waals surface area contributed by atoms with E-state index in [0.717, 1.165) is 18.5 Å². The SMILES string of the molecule is Cc1ccc(NC(=O)c2nnc(SCC(=O)NCCCN3CCCC3)s2)cc1. The molecule has 1 saturated heterocycles. The van der Waals surface area contributed by atoms with Gasteiger partial charge in [0.25, 0.3) is 5.91 Å². The molecule has 0 saturated carbocycles. The third-order valence-corrected chi connectivity index (χ3v) is 6.46. The minimum absolute atomic E-state index is 0.0210. The highest BCUT2D eigenvalue weighted by atomic mass is 32.2. The number of thioether (sulfide) groups is 1. The number of hydrogen-bond donors (Lipinski definition) is 2. The lowest BCUT2D eigenvalue weighted by Gasteiger charge is -2.14. The van der Waals surface area contributed by atoms with Crippen LogP contribution in [0.2, 0.25) is 0 Å². The van der Waals surface area contributed by atoms with Gasteiger partial charge in [0.1, 0.15) is 0 Å². The van der Waals surface area contributed by atoms with Crippen LogP contribution < -0.4 is 10.6 Å². The van der Waals surface area contributed by atoms with Crippen molar-refractivity contribution in [3.8, 4) is 0 Å². The van der Waals surface area contributed by atoms with Crippen molar-refractivity contribution in [3.63, 3.8) is 0 Å². The van der Waals surface area contributed by atoms with Crippen molar-refractivity contribution in [1.82, 2.24) is 20.4 Å². The number of rotatable bonds is 9. The average Bonchev–Trinajstić information content (AvgIpc) is 3.37. The van der Waals surface area contributed by atoms with E-state index in [4.69, 9.17) is 0 Å². The highest BCUT2D eigenvalue weighted by molar-refractivity contribution is 8.01. The molecule has 0 bridgehead atoms. The van der Waals surface area contributed by atoms with E-state index in [2.05, 4.69) is 25.7 Å². The first kappa shape index (κ1) is 20.8. The van der Waals surface area contributed by atoms with Gasteiger partial charge in [-0.2, -0.15) is 0 Å². The van der Waals surface area contributed by atoms with Crippen LogP contribution in [0.15, 0.2) is 28.6 Å². The van der Waals surface area contributed by atoms with E-state index in [1.54, 1.807) is 0 Å². The number of aryl methyl sites for hydroxylation is 1. The van der Waals surface area contributed by atoms with Crippen LogP contribution in [0.5, 0.6) is 0 Å². The van der Waals surface area contributed by atoms with E-state index in [9.17, 15) is 9.59 Å². The van der Waals surface area contributed by atoms with Gasteiger partial charge in [-0.3, -0.25) is 9.59 Å². The zero-order chi connectivity index (χ0) is 19.8. The van der Waals surface area contributed by atoms with E-state index in [-0.39, 0.29) is 22.6 Å². The molecule has 2 aromatic rings. The minimum atomic E-state index is -0.292.